The van der Waals surface area contributed by atoms with E-state index in [0.29, 0.717) is 11.1 Å². The Hall–Kier alpha value is -4.33. The SMILES string of the molecule is COC(=O)C1=C(C)N(c2cccc(C(F)(F)F)c2)C(=N)N(C(N)=O)C1c1ccc(C#N)cc1. The van der Waals surface area contributed by atoms with E-state index in [-0.39, 0.29) is 17.0 Å². The molecule has 1 atom stereocenters. The number of esters is 1. The number of hydrogen-bond donors (Lipinski definition) is 2. The van der Waals surface area contributed by atoms with Crippen molar-refractivity contribution >= 4 is 23.6 Å². The Balaban J connectivity index is 2.28. The van der Waals surface area contributed by atoms with Crippen LogP contribution in [0.2, 0.25) is 0 Å². The van der Waals surface area contributed by atoms with Crippen molar-refractivity contribution in [2.45, 2.75) is 19.1 Å². The van der Waals surface area contributed by atoms with Gasteiger partial charge in [0.05, 0.1) is 29.9 Å². The van der Waals surface area contributed by atoms with E-state index in [1.54, 1.807) is 0 Å². The maximum absolute atomic E-state index is 13.3. The molecule has 0 aliphatic carbocycles. The van der Waals surface area contributed by atoms with E-state index in [4.69, 9.17) is 21.1 Å². The fraction of sp³-hybridized carbons (Fsp3) is 0.182. The third-order valence-electron chi connectivity index (χ3n) is 5.13. The first-order chi connectivity index (χ1) is 15.5. The number of primary amides is 1. The molecule has 1 aliphatic heterocycles. The molecule has 3 N–H and O–H groups in total. The van der Waals surface area contributed by atoms with E-state index in [1.165, 1.54) is 37.3 Å². The number of hydrogen-bond acceptors (Lipinski definition) is 5. The third-order valence-corrected chi connectivity index (χ3v) is 5.13. The highest BCUT2D eigenvalue weighted by Gasteiger charge is 2.43. The van der Waals surface area contributed by atoms with Gasteiger partial charge in [0.15, 0.2) is 0 Å². The van der Waals surface area contributed by atoms with E-state index >= 15 is 0 Å². The largest absolute Gasteiger partial charge is 0.466 e. The minimum atomic E-state index is -4.65. The molecule has 1 aliphatic rings. The average molecular weight is 457 g/mol. The molecule has 0 saturated heterocycles. The fourth-order valence-corrected chi connectivity index (χ4v) is 3.63. The second-order valence-corrected chi connectivity index (χ2v) is 7.04. The number of rotatable bonds is 3. The van der Waals surface area contributed by atoms with Crippen LogP contribution in [-0.2, 0) is 15.7 Å². The molecule has 0 radical (unpaired) electrons. The second-order valence-electron chi connectivity index (χ2n) is 7.04. The number of amides is 2. The van der Waals surface area contributed by atoms with Crippen molar-refractivity contribution in [3.05, 3.63) is 76.5 Å². The quantitative estimate of drug-likeness (QED) is 0.677. The van der Waals surface area contributed by atoms with Gasteiger partial charge in [0.25, 0.3) is 0 Å². The van der Waals surface area contributed by atoms with Gasteiger partial charge in [0, 0.05) is 11.4 Å². The minimum absolute atomic E-state index is 0.0815. The lowest BCUT2D eigenvalue weighted by molar-refractivity contribution is -0.138. The van der Waals surface area contributed by atoms with E-state index in [9.17, 15) is 22.8 Å². The number of carbonyl (C=O) groups is 2. The van der Waals surface area contributed by atoms with Crippen molar-refractivity contribution in [2.75, 3.05) is 12.0 Å². The number of alkyl halides is 3. The normalized spacial score (nSPS) is 16.5. The van der Waals surface area contributed by atoms with Crippen molar-refractivity contribution in [2.24, 2.45) is 5.73 Å². The summed E-state index contributed by atoms with van der Waals surface area (Å²) < 4.78 is 44.7. The molecular weight excluding hydrogens is 439 g/mol. The number of allylic oxidation sites excluding steroid dienone is 1. The number of halogens is 3. The van der Waals surface area contributed by atoms with E-state index in [2.05, 4.69) is 0 Å². The van der Waals surface area contributed by atoms with Crippen LogP contribution in [0.1, 0.15) is 29.7 Å². The minimum Gasteiger partial charge on any atom is -0.466 e. The van der Waals surface area contributed by atoms with Crippen molar-refractivity contribution in [1.82, 2.24) is 4.90 Å². The standard InChI is InChI=1S/C22H18F3N5O3/c1-12-17(19(31)33-2)18(14-8-6-13(11-26)7-9-14)30(21(28)32)20(27)29(12)16-5-3-4-15(10-16)22(23,24)25/h3-10,18,27H,1-2H3,(H2,28,32). The molecule has 0 saturated carbocycles. The lowest BCUT2D eigenvalue weighted by Gasteiger charge is -2.42. The van der Waals surface area contributed by atoms with Gasteiger partial charge in [-0.05, 0) is 42.8 Å². The van der Waals surface area contributed by atoms with Crippen LogP contribution in [0.5, 0.6) is 0 Å². The average Bonchev–Trinajstić information content (AvgIpc) is 2.77. The maximum Gasteiger partial charge on any atom is 0.416 e. The fourth-order valence-electron chi connectivity index (χ4n) is 3.63. The number of methoxy groups -OCH3 is 1. The van der Waals surface area contributed by atoms with Crippen LogP contribution in [0.4, 0.5) is 23.7 Å². The summed E-state index contributed by atoms with van der Waals surface area (Å²) in [6.07, 6.45) is -4.65. The van der Waals surface area contributed by atoms with Crippen LogP contribution < -0.4 is 10.6 Å². The van der Waals surface area contributed by atoms with Crippen LogP contribution in [0.25, 0.3) is 0 Å². The maximum atomic E-state index is 13.3. The van der Waals surface area contributed by atoms with Crippen LogP contribution in [0.15, 0.2) is 59.8 Å². The van der Waals surface area contributed by atoms with Gasteiger partial charge in [-0.15, -0.1) is 0 Å². The molecular formula is C22H18F3N5O3. The van der Waals surface area contributed by atoms with Gasteiger partial charge in [0.2, 0.25) is 5.96 Å². The molecule has 3 rings (SSSR count). The first-order valence-corrected chi connectivity index (χ1v) is 9.45. The molecule has 1 heterocycles. The van der Waals surface area contributed by atoms with Crippen LogP contribution in [0, 0.1) is 16.7 Å². The summed E-state index contributed by atoms with van der Waals surface area (Å²) >= 11 is 0. The van der Waals surface area contributed by atoms with Gasteiger partial charge in [0.1, 0.15) is 6.04 Å². The molecule has 170 valence electrons. The Labute approximate surface area is 186 Å². The summed E-state index contributed by atoms with van der Waals surface area (Å²) in [5.41, 5.74) is 5.12. The number of carbonyl (C=O) groups excluding carboxylic acids is 2. The number of nitrogens with one attached hydrogen (secondary N) is 1. The number of ether oxygens (including phenoxy) is 1. The molecule has 0 fully saturated rings. The number of guanidine groups is 1. The molecule has 2 amide bonds. The van der Waals surface area contributed by atoms with Gasteiger partial charge >= 0.3 is 18.2 Å². The summed E-state index contributed by atoms with van der Waals surface area (Å²) in [5, 5.41) is 17.6. The Kier molecular flexibility index (Phi) is 6.12. The molecule has 11 heteroatoms. The molecule has 0 aromatic heterocycles. The van der Waals surface area contributed by atoms with Gasteiger partial charge in [-0.1, -0.05) is 18.2 Å². The summed E-state index contributed by atoms with van der Waals surface area (Å²) in [4.78, 5) is 27.0. The van der Waals surface area contributed by atoms with Crippen molar-refractivity contribution < 1.29 is 27.5 Å². The number of benzene rings is 2. The molecule has 1 unspecified atom stereocenters. The Morgan fingerprint density at radius 1 is 1.18 bits per heavy atom. The number of nitrogens with zero attached hydrogens (tertiary/aromatic N) is 3. The van der Waals surface area contributed by atoms with Gasteiger partial charge in [-0.3, -0.25) is 15.2 Å². The molecule has 2 aromatic carbocycles. The monoisotopic (exact) mass is 457 g/mol. The zero-order valence-corrected chi connectivity index (χ0v) is 17.5. The highest BCUT2D eigenvalue weighted by Crippen LogP contribution is 2.40. The van der Waals surface area contributed by atoms with Gasteiger partial charge < -0.3 is 10.5 Å². The van der Waals surface area contributed by atoms with Crippen LogP contribution in [0.3, 0.4) is 0 Å². The number of nitrogens with two attached hydrogens (primary N) is 1. The summed E-state index contributed by atoms with van der Waals surface area (Å²) in [7, 11) is 1.11. The highest BCUT2D eigenvalue weighted by atomic mass is 19.4. The molecule has 0 bridgehead atoms. The molecule has 2 aromatic rings. The number of anilines is 1. The molecule has 0 spiro atoms. The molecule has 33 heavy (non-hydrogen) atoms. The Morgan fingerprint density at radius 2 is 1.82 bits per heavy atom. The lowest BCUT2D eigenvalue weighted by atomic mass is 9.92. The zero-order chi connectivity index (χ0) is 24.5. The Morgan fingerprint density at radius 3 is 2.33 bits per heavy atom. The van der Waals surface area contributed by atoms with Crippen molar-refractivity contribution in [3.8, 4) is 6.07 Å². The van der Waals surface area contributed by atoms with Crippen molar-refractivity contribution in [3.63, 3.8) is 0 Å². The van der Waals surface area contributed by atoms with Crippen LogP contribution in [-0.4, -0.2) is 30.0 Å². The smallest absolute Gasteiger partial charge is 0.416 e. The number of nitriles is 1. The van der Waals surface area contributed by atoms with Gasteiger partial charge in [-0.2, -0.15) is 18.4 Å². The predicted octanol–water partition coefficient (Wildman–Crippen LogP) is 3.90. The topological polar surface area (TPSA) is 124 Å². The summed E-state index contributed by atoms with van der Waals surface area (Å²) in [6, 6.07) is 9.66. The van der Waals surface area contributed by atoms with Crippen molar-refractivity contribution in [1.29, 1.82) is 10.7 Å². The lowest BCUT2D eigenvalue weighted by Crippen LogP contribution is -2.55. The Bertz CT molecular complexity index is 1200. The summed E-state index contributed by atoms with van der Waals surface area (Å²) in [6.45, 7) is 1.43. The van der Waals surface area contributed by atoms with E-state index in [1.807, 2.05) is 6.07 Å². The third kappa shape index (κ3) is 4.23. The predicted molar refractivity (Wildman–Crippen MR) is 112 cm³/mol. The first-order valence-electron chi connectivity index (χ1n) is 9.45. The highest BCUT2D eigenvalue weighted by molar-refractivity contribution is 6.10. The second kappa shape index (κ2) is 8.66. The zero-order valence-electron chi connectivity index (χ0n) is 17.5. The number of urea groups is 1. The van der Waals surface area contributed by atoms with Gasteiger partial charge in [-0.25, -0.2) is 9.59 Å². The van der Waals surface area contributed by atoms with Crippen LogP contribution >= 0.6 is 0 Å². The van der Waals surface area contributed by atoms with E-state index < -0.39 is 35.7 Å². The summed E-state index contributed by atoms with van der Waals surface area (Å²) in [5.74, 6) is -1.42. The molecule has 8 nitrogen and oxygen atoms in total. The van der Waals surface area contributed by atoms with E-state index in [0.717, 1.165) is 35.1 Å². The first kappa shape index (κ1) is 23.3.